The zero-order chi connectivity index (χ0) is 11.2. The lowest BCUT2D eigenvalue weighted by molar-refractivity contribution is 0.0222. The molecular formula is C7H16O5S2. The lowest BCUT2D eigenvalue weighted by Gasteiger charge is -2.01. The van der Waals surface area contributed by atoms with Crippen molar-refractivity contribution < 1.29 is 24.8 Å². The Balaban J connectivity index is 0. The van der Waals surface area contributed by atoms with Crippen molar-refractivity contribution in [3.63, 3.8) is 0 Å². The molecule has 7 heteroatoms. The van der Waals surface area contributed by atoms with E-state index in [1.165, 1.54) is 0 Å². The number of thiocarbonyl (C=S) groups is 1. The molecule has 0 aliphatic rings. The van der Waals surface area contributed by atoms with Crippen LogP contribution in [0.4, 0.5) is 0 Å². The molecule has 0 aromatic heterocycles. The third-order valence-electron chi connectivity index (χ3n) is 0.843. The van der Waals surface area contributed by atoms with Gasteiger partial charge in [0.1, 0.15) is 0 Å². The van der Waals surface area contributed by atoms with Gasteiger partial charge < -0.3 is 24.8 Å². The average molecular weight is 244 g/mol. The SMILES string of the molecule is OC(=S)S.OCCOCCOCCO. The molecule has 0 spiro atoms. The van der Waals surface area contributed by atoms with Gasteiger partial charge in [0.25, 0.3) is 0 Å². The Morgan fingerprint density at radius 1 is 1.00 bits per heavy atom. The second kappa shape index (κ2) is 15.5. The number of thiol groups is 1. The first-order chi connectivity index (χ1) is 6.65. The summed E-state index contributed by atoms with van der Waals surface area (Å²) in [4.78, 5) is 0. The van der Waals surface area contributed by atoms with Gasteiger partial charge in [-0.3, -0.25) is 0 Å². The highest BCUT2D eigenvalue weighted by atomic mass is 32.1. The van der Waals surface area contributed by atoms with Gasteiger partial charge in [0, 0.05) is 0 Å². The maximum atomic E-state index is 8.26. The molecule has 0 aliphatic heterocycles. The fraction of sp³-hybridized carbons (Fsp3) is 0.857. The summed E-state index contributed by atoms with van der Waals surface area (Å²) in [5.74, 6) is 0. The molecule has 0 rings (SSSR count). The first-order valence-electron chi connectivity index (χ1n) is 3.94. The zero-order valence-corrected chi connectivity index (χ0v) is 9.47. The average Bonchev–Trinajstić information content (AvgIpc) is 2.10. The molecule has 0 aromatic rings. The predicted molar refractivity (Wildman–Crippen MR) is 60.0 cm³/mol. The van der Waals surface area contributed by atoms with Gasteiger partial charge in [0.2, 0.25) is 4.38 Å². The van der Waals surface area contributed by atoms with Crippen LogP contribution >= 0.6 is 24.8 Å². The van der Waals surface area contributed by atoms with Crippen molar-refractivity contribution in [2.24, 2.45) is 0 Å². The lowest BCUT2D eigenvalue weighted by atomic mass is 10.7. The Morgan fingerprint density at radius 2 is 1.29 bits per heavy atom. The van der Waals surface area contributed by atoms with Crippen LogP contribution in [0.15, 0.2) is 0 Å². The molecule has 0 aliphatic carbocycles. The number of aliphatic hydroxyl groups is 3. The third kappa shape index (κ3) is 29.6. The van der Waals surface area contributed by atoms with E-state index in [0.717, 1.165) is 0 Å². The minimum atomic E-state index is -0.306. The van der Waals surface area contributed by atoms with Gasteiger partial charge in [-0.25, -0.2) is 0 Å². The Bertz CT molecular complexity index is 111. The molecule has 0 atom stereocenters. The molecule has 0 saturated heterocycles. The van der Waals surface area contributed by atoms with E-state index in [0.29, 0.717) is 26.4 Å². The molecule has 0 heterocycles. The molecule has 0 fully saturated rings. The quantitative estimate of drug-likeness (QED) is 0.281. The molecule has 0 saturated carbocycles. The van der Waals surface area contributed by atoms with Crippen molar-refractivity contribution in [1.82, 2.24) is 0 Å². The van der Waals surface area contributed by atoms with Crippen LogP contribution in [0.2, 0.25) is 0 Å². The van der Waals surface area contributed by atoms with Crippen LogP contribution in [0.3, 0.4) is 0 Å². The van der Waals surface area contributed by atoms with Gasteiger partial charge in [0.05, 0.1) is 39.6 Å². The van der Waals surface area contributed by atoms with Gasteiger partial charge in [-0.15, -0.1) is 0 Å². The van der Waals surface area contributed by atoms with Crippen LogP contribution < -0.4 is 0 Å². The number of hydrogen-bond acceptors (Lipinski definition) is 5. The molecule has 0 radical (unpaired) electrons. The monoisotopic (exact) mass is 244 g/mol. The summed E-state index contributed by atoms with van der Waals surface area (Å²) in [7, 11) is 0. The number of ether oxygens (including phenoxy) is 2. The van der Waals surface area contributed by atoms with E-state index in [1.807, 2.05) is 0 Å². The first-order valence-corrected chi connectivity index (χ1v) is 4.79. The van der Waals surface area contributed by atoms with Crippen LogP contribution in [-0.2, 0) is 9.47 Å². The van der Waals surface area contributed by atoms with Crippen LogP contribution in [0, 0.1) is 0 Å². The number of aliphatic hydroxyl groups excluding tert-OH is 3. The van der Waals surface area contributed by atoms with E-state index in [1.54, 1.807) is 0 Å². The minimum absolute atomic E-state index is 0.0417. The van der Waals surface area contributed by atoms with Gasteiger partial charge in [-0.1, -0.05) is 12.6 Å². The largest absolute Gasteiger partial charge is 0.494 e. The zero-order valence-electron chi connectivity index (χ0n) is 7.76. The molecule has 0 bridgehead atoms. The van der Waals surface area contributed by atoms with E-state index >= 15 is 0 Å². The molecule has 3 N–H and O–H groups in total. The standard InChI is InChI=1S/C6H14O4.CH2OS2/c7-1-3-9-5-6-10-4-2-8;2-1(3)4/h7-8H,1-6H2;(H2,2,3,4). The van der Waals surface area contributed by atoms with Crippen molar-refractivity contribution in [1.29, 1.82) is 0 Å². The summed E-state index contributed by atoms with van der Waals surface area (Å²) in [6, 6.07) is 0. The maximum Gasteiger partial charge on any atom is 0.214 e. The highest BCUT2D eigenvalue weighted by Crippen LogP contribution is 1.76. The van der Waals surface area contributed by atoms with Crippen LogP contribution in [0.5, 0.6) is 0 Å². The van der Waals surface area contributed by atoms with Gasteiger partial charge in [0.15, 0.2) is 0 Å². The second-order valence-electron chi connectivity index (χ2n) is 1.95. The smallest absolute Gasteiger partial charge is 0.214 e. The van der Waals surface area contributed by atoms with E-state index in [4.69, 9.17) is 24.8 Å². The lowest BCUT2D eigenvalue weighted by Crippen LogP contribution is -2.09. The summed E-state index contributed by atoms with van der Waals surface area (Å²) >= 11 is 7.21. The molecule has 0 unspecified atom stereocenters. The number of rotatable bonds is 7. The summed E-state index contributed by atoms with van der Waals surface area (Å²) < 4.78 is 9.44. The van der Waals surface area contributed by atoms with E-state index in [-0.39, 0.29) is 17.6 Å². The maximum absolute atomic E-state index is 8.26. The van der Waals surface area contributed by atoms with Crippen LogP contribution in [0.1, 0.15) is 0 Å². The van der Waals surface area contributed by atoms with Crippen molar-refractivity contribution in [3.8, 4) is 0 Å². The summed E-state index contributed by atoms with van der Waals surface area (Å²) in [5.41, 5.74) is 0. The van der Waals surface area contributed by atoms with Crippen LogP contribution in [-0.4, -0.2) is 59.3 Å². The summed E-state index contributed by atoms with van der Waals surface area (Å²) in [6.07, 6.45) is 0. The Morgan fingerprint density at radius 3 is 1.50 bits per heavy atom. The minimum Gasteiger partial charge on any atom is -0.494 e. The Kier molecular flexibility index (Phi) is 18.3. The molecule has 86 valence electrons. The van der Waals surface area contributed by atoms with Gasteiger partial charge >= 0.3 is 0 Å². The first kappa shape index (κ1) is 16.5. The van der Waals surface area contributed by atoms with E-state index < -0.39 is 0 Å². The van der Waals surface area contributed by atoms with Crippen molar-refractivity contribution in [2.45, 2.75) is 0 Å². The fourth-order valence-electron chi connectivity index (χ4n) is 0.451. The van der Waals surface area contributed by atoms with E-state index in [9.17, 15) is 0 Å². The summed E-state index contributed by atoms with van der Waals surface area (Å²) in [5, 5.41) is 24.2. The van der Waals surface area contributed by atoms with Crippen LogP contribution in [0.25, 0.3) is 0 Å². The van der Waals surface area contributed by atoms with Crippen molar-refractivity contribution in [2.75, 3.05) is 39.6 Å². The molecule has 5 nitrogen and oxygen atoms in total. The Labute approximate surface area is 94.1 Å². The highest BCUT2D eigenvalue weighted by molar-refractivity contribution is 8.10. The molecule has 0 amide bonds. The highest BCUT2D eigenvalue weighted by Gasteiger charge is 1.86. The Hall–Kier alpha value is 0.0800. The van der Waals surface area contributed by atoms with Crippen molar-refractivity contribution >= 4 is 29.2 Å². The van der Waals surface area contributed by atoms with Crippen molar-refractivity contribution in [3.05, 3.63) is 0 Å². The molecule has 14 heavy (non-hydrogen) atoms. The normalized spacial score (nSPS) is 9.07. The fourth-order valence-corrected chi connectivity index (χ4v) is 0.451. The molecule has 0 aromatic carbocycles. The topological polar surface area (TPSA) is 79.2 Å². The van der Waals surface area contributed by atoms with Gasteiger partial charge in [-0.2, -0.15) is 0 Å². The molecular weight excluding hydrogens is 228 g/mol. The third-order valence-corrected chi connectivity index (χ3v) is 0.843. The van der Waals surface area contributed by atoms with Gasteiger partial charge in [-0.05, 0) is 12.2 Å². The predicted octanol–water partition coefficient (Wildman–Crippen LogP) is -0.237. The van der Waals surface area contributed by atoms with E-state index in [2.05, 4.69) is 24.8 Å². The second-order valence-corrected chi connectivity index (χ2v) is 3.07. The number of hydrogen-bond donors (Lipinski definition) is 4. The summed E-state index contributed by atoms with van der Waals surface area (Å²) in [6.45, 7) is 1.73.